The smallest absolute Gasteiger partial charge is 0.0607 e. The van der Waals surface area contributed by atoms with Crippen LogP contribution in [-0.4, -0.2) is 43.3 Å². The number of hydrogen-bond acceptors (Lipinski definition) is 3. The predicted octanol–water partition coefficient (Wildman–Crippen LogP) is 2.25. The van der Waals surface area contributed by atoms with Crippen LogP contribution < -0.4 is 5.73 Å². The minimum Gasteiger partial charge on any atom is -0.381 e. The van der Waals surface area contributed by atoms with E-state index < -0.39 is 0 Å². The molecule has 1 unspecified atom stereocenters. The molecule has 1 saturated heterocycles. The Labute approximate surface area is 112 Å². The van der Waals surface area contributed by atoms with Crippen molar-refractivity contribution < 1.29 is 4.74 Å². The van der Waals surface area contributed by atoms with Crippen molar-refractivity contribution in [3.8, 4) is 0 Å². The third-order valence-corrected chi connectivity index (χ3v) is 5.31. The van der Waals surface area contributed by atoms with Crippen molar-refractivity contribution in [3.05, 3.63) is 0 Å². The van der Waals surface area contributed by atoms with Gasteiger partial charge in [-0.2, -0.15) is 0 Å². The number of rotatable bonds is 4. The highest BCUT2D eigenvalue weighted by molar-refractivity contribution is 5.04. The highest BCUT2D eigenvalue weighted by atomic mass is 16.5. The maximum atomic E-state index is 6.06. The van der Waals surface area contributed by atoms with E-state index in [1.807, 2.05) is 7.11 Å². The zero-order valence-corrected chi connectivity index (χ0v) is 12.3. The first-order chi connectivity index (χ1) is 8.61. The molecule has 1 heterocycles. The van der Waals surface area contributed by atoms with Crippen LogP contribution in [-0.2, 0) is 4.74 Å². The Bertz CT molecular complexity index is 261. The molecule has 3 heteroatoms. The summed E-state index contributed by atoms with van der Waals surface area (Å²) in [6.45, 7) is 7.99. The molecule has 1 aliphatic heterocycles. The van der Waals surface area contributed by atoms with E-state index in [-0.39, 0.29) is 5.54 Å². The van der Waals surface area contributed by atoms with Gasteiger partial charge in [0.2, 0.25) is 0 Å². The molecule has 106 valence electrons. The van der Waals surface area contributed by atoms with E-state index in [0.717, 1.165) is 31.2 Å². The third-order valence-electron chi connectivity index (χ3n) is 5.31. The van der Waals surface area contributed by atoms with Crippen molar-refractivity contribution in [2.24, 2.45) is 17.6 Å². The molecule has 18 heavy (non-hydrogen) atoms. The first-order valence-corrected chi connectivity index (χ1v) is 7.59. The van der Waals surface area contributed by atoms with Gasteiger partial charge in [-0.25, -0.2) is 0 Å². The molecule has 1 saturated carbocycles. The van der Waals surface area contributed by atoms with Gasteiger partial charge in [-0.1, -0.05) is 13.8 Å². The Morgan fingerprint density at radius 1 is 1.28 bits per heavy atom. The zero-order valence-electron chi connectivity index (χ0n) is 12.3. The van der Waals surface area contributed by atoms with Crippen molar-refractivity contribution >= 4 is 0 Å². The van der Waals surface area contributed by atoms with Gasteiger partial charge in [0.05, 0.1) is 6.10 Å². The van der Waals surface area contributed by atoms with E-state index in [1.165, 1.54) is 32.4 Å². The van der Waals surface area contributed by atoms with E-state index >= 15 is 0 Å². The molecule has 0 aromatic heterocycles. The maximum Gasteiger partial charge on any atom is 0.0607 e. The van der Waals surface area contributed by atoms with Gasteiger partial charge in [0.25, 0.3) is 0 Å². The van der Waals surface area contributed by atoms with Crippen LogP contribution in [0.1, 0.15) is 46.0 Å². The van der Waals surface area contributed by atoms with Gasteiger partial charge in [-0.05, 0) is 57.0 Å². The van der Waals surface area contributed by atoms with Gasteiger partial charge < -0.3 is 10.5 Å². The second-order valence-corrected chi connectivity index (χ2v) is 6.62. The second-order valence-electron chi connectivity index (χ2n) is 6.62. The van der Waals surface area contributed by atoms with Gasteiger partial charge in [-0.3, -0.25) is 4.90 Å². The average Bonchev–Trinajstić information content (AvgIpc) is 2.55. The molecule has 1 aliphatic carbocycles. The average molecular weight is 254 g/mol. The Hall–Kier alpha value is -0.120. The first kappa shape index (κ1) is 14.3. The summed E-state index contributed by atoms with van der Waals surface area (Å²) in [5.41, 5.74) is 6.32. The van der Waals surface area contributed by atoms with E-state index in [0.29, 0.717) is 6.10 Å². The van der Waals surface area contributed by atoms with Crippen LogP contribution in [0.5, 0.6) is 0 Å². The number of nitrogens with two attached hydrogens (primary N) is 1. The predicted molar refractivity (Wildman–Crippen MR) is 75.6 cm³/mol. The lowest BCUT2D eigenvalue weighted by Crippen LogP contribution is -2.64. The second kappa shape index (κ2) is 5.89. The Morgan fingerprint density at radius 3 is 2.56 bits per heavy atom. The minimum absolute atomic E-state index is 0.256. The molecule has 3 nitrogen and oxygen atoms in total. The molecule has 2 fully saturated rings. The number of methoxy groups -OCH3 is 1. The van der Waals surface area contributed by atoms with E-state index in [4.69, 9.17) is 10.5 Å². The quantitative estimate of drug-likeness (QED) is 0.836. The SMILES string of the molecule is COC1CC(CN)(N2CCCC(C(C)C)CC2)C1. The number of nitrogens with zero attached hydrogens (tertiary/aromatic N) is 1. The molecule has 2 N–H and O–H groups in total. The number of likely N-dealkylation sites (tertiary alicyclic amines) is 1. The summed E-state index contributed by atoms with van der Waals surface area (Å²) < 4.78 is 5.44. The molecular weight excluding hydrogens is 224 g/mol. The van der Waals surface area contributed by atoms with Crippen LogP contribution in [0.25, 0.3) is 0 Å². The summed E-state index contributed by atoms with van der Waals surface area (Å²) in [6.07, 6.45) is 6.78. The maximum absolute atomic E-state index is 6.06. The lowest BCUT2D eigenvalue weighted by molar-refractivity contribution is -0.0865. The molecule has 0 radical (unpaired) electrons. The highest BCUT2D eigenvalue weighted by Gasteiger charge is 2.47. The third kappa shape index (κ3) is 2.73. The summed E-state index contributed by atoms with van der Waals surface area (Å²) in [4.78, 5) is 2.67. The minimum atomic E-state index is 0.256. The van der Waals surface area contributed by atoms with Crippen molar-refractivity contribution in [1.29, 1.82) is 0 Å². The number of ether oxygens (including phenoxy) is 1. The van der Waals surface area contributed by atoms with Gasteiger partial charge in [0.15, 0.2) is 0 Å². The van der Waals surface area contributed by atoms with Gasteiger partial charge in [-0.15, -0.1) is 0 Å². The fraction of sp³-hybridized carbons (Fsp3) is 1.00. The van der Waals surface area contributed by atoms with E-state index in [2.05, 4.69) is 18.7 Å². The van der Waals surface area contributed by atoms with Gasteiger partial charge >= 0.3 is 0 Å². The lowest BCUT2D eigenvalue weighted by atomic mass is 9.72. The molecule has 1 atom stereocenters. The first-order valence-electron chi connectivity index (χ1n) is 7.59. The van der Waals surface area contributed by atoms with Gasteiger partial charge in [0, 0.05) is 19.2 Å². The standard InChI is InChI=1S/C15H30N2O/c1-12(2)13-5-4-7-17(8-6-13)15(11-16)9-14(10-15)18-3/h12-14H,4-11,16H2,1-3H3. The summed E-state index contributed by atoms with van der Waals surface area (Å²) in [6, 6.07) is 0. The molecular formula is C15H30N2O. The fourth-order valence-corrected chi connectivity index (χ4v) is 3.77. The Morgan fingerprint density at radius 2 is 2.00 bits per heavy atom. The number of hydrogen-bond donors (Lipinski definition) is 1. The van der Waals surface area contributed by atoms with Crippen molar-refractivity contribution in [1.82, 2.24) is 4.90 Å². The van der Waals surface area contributed by atoms with Crippen LogP contribution in [0.15, 0.2) is 0 Å². The molecule has 0 aromatic carbocycles. The highest BCUT2D eigenvalue weighted by Crippen LogP contribution is 2.40. The van der Waals surface area contributed by atoms with Crippen LogP contribution in [0.2, 0.25) is 0 Å². The zero-order chi connectivity index (χ0) is 13.2. The largest absolute Gasteiger partial charge is 0.381 e. The summed E-state index contributed by atoms with van der Waals surface area (Å²) >= 11 is 0. The Balaban J connectivity index is 1.93. The Kier molecular flexibility index (Phi) is 4.68. The summed E-state index contributed by atoms with van der Waals surface area (Å²) in [5.74, 6) is 1.73. The molecule has 0 aromatic rings. The lowest BCUT2D eigenvalue weighted by Gasteiger charge is -2.53. The summed E-state index contributed by atoms with van der Waals surface area (Å²) in [5, 5.41) is 0. The van der Waals surface area contributed by atoms with Crippen LogP contribution in [0.3, 0.4) is 0 Å². The van der Waals surface area contributed by atoms with Crippen molar-refractivity contribution in [2.75, 3.05) is 26.7 Å². The molecule has 0 bridgehead atoms. The van der Waals surface area contributed by atoms with Gasteiger partial charge in [0.1, 0.15) is 0 Å². The molecule has 2 rings (SSSR count). The van der Waals surface area contributed by atoms with Crippen molar-refractivity contribution in [3.63, 3.8) is 0 Å². The van der Waals surface area contributed by atoms with Crippen LogP contribution in [0.4, 0.5) is 0 Å². The van der Waals surface area contributed by atoms with E-state index in [1.54, 1.807) is 0 Å². The van der Waals surface area contributed by atoms with Crippen molar-refractivity contribution in [2.45, 2.75) is 57.6 Å². The topological polar surface area (TPSA) is 38.5 Å². The monoisotopic (exact) mass is 254 g/mol. The molecule has 2 aliphatic rings. The molecule has 0 amide bonds. The van der Waals surface area contributed by atoms with Crippen LogP contribution in [0, 0.1) is 11.8 Å². The normalized spacial score (nSPS) is 38.5. The molecule has 0 spiro atoms. The van der Waals surface area contributed by atoms with E-state index in [9.17, 15) is 0 Å². The summed E-state index contributed by atoms with van der Waals surface area (Å²) in [7, 11) is 1.82. The fourth-order valence-electron chi connectivity index (χ4n) is 3.77. The van der Waals surface area contributed by atoms with Crippen LogP contribution >= 0.6 is 0 Å².